The van der Waals surface area contributed by atoms with Crippen LogP contribution in [0.4, 0.5) is 0 Å². The second-order valence-corrected chi connectivity index (χ2v) is 19.8. The van der Waals surface area contributed by atoms with Gasteiger partial charge in [0, 0.05) is 65.2 Å². The van der Waals surface area contributed by atoms with Crippen molar-refractivity contribution < 1.29 is 8.83 Å². The lowest BCUT2D eigenvalue weighted by Crippen LogP contribution is -2.06. The molecule has 0 saturated heterocycles. The zero-order valence-corrected chi connectivity index (χ0v) is 40.3. The summed E-state index contributed by atoms with van der Waals surface area (Å²) < 4.78 is 22.7. The van der Waals surface area contributed by atoms with Gasteiger partial charge in [-0.2, -0.15) is 10.5 Å². The van der Waals surface area contributed by atoms with Crippen molar-refractivity contribution in [2.75, 3.05) is 0 Å². The maximum absolute atomic E-state index is 11.9. The van der Waals surface area contributed by atoms with Crippen molar-refractivity contribution in [3.63, 3.8) is 0 Å². The van der Waals surface area contributed by atoms with E-state index in [1.54, 1.807) is 0 Å². The molecule has 6 aromatic heterocycles. The van der Waals surface area contributed by atoms with Gasteiger partial charge in [-0.05, 0) is 109 Å². The van der Waals surface area contributed by atoms with Crippen LogP contribution >= 0.6 is 0 Å². The molecule has 6 heterocycles. The maximum Gasteiger partial charge on any atom is 0.145 e. The number of aromatic nitrogens is 4. The predicted octanol–water partition coefficient (Wildman–Crippen LogP) is 17.6. The molecule has 11 aromatic carbocycles. The molecule has 76 heavy (non-hydrogen) atoms. The largest absolute Gasteiger partial charge is 0.455 e. The van der Waals surface area contributed by atoms with Gasteiger partial charge in [-0.3, -0.25) is 0 Å². The quantitative estimate of drug-likeness (QED) is 0.176. The third-order valence-electron chi connectivity index (χ3n) is 16.0. The summed E-state index contributed by atoms with van der Waals surface area (Å²) in [5.74, 6) is 0. The summed E-state index contributed by atoms with van der Waals surface area (Å²) in [6, 6.07) is 81.0. The summed E-state index contributed by atoms with van der Waals surface area (Å²) in [6.45, 7) is 0. The monoisotopic (exact) mass is 968 g/mol. The standard InChI is InChI=1S/C68H36N6O2/c69-37-39-25-30-59(73-57-31-26-40(71-53-19-7-1-13-42(53)43-14-2-8-20-54(43)71)35-50(57)64-60(73)33-28-48-46-17-5-11-23-62(46)75-67(48)64)52(38-70)66(39)74-58-32-27-41(72-55-21-9-3-15-44(55)45-16-4-10-22-56(45)72)36-51(58)65-61(74)34-29-49-47-18-6-12-24-63(47)76-68(49)65/h1-36H. The third-order valence-corrected chi connectivity index (χ3v) is 16.0. The molecule has 0 spiro atoms. The van der Waals surface area contributed by atoms with Gasteiger partial charge in [-0.1, -0.05) is 109 Å². The molecule has 0 saturated carbocycles. The summed E-state index contributed by atoms with van der Waals surface area (Å²) in [6.07, 6.45) is 0. The van der Waals surface area contributed by atoms with E-state index in [1.807, 2.05) is 48.5 Å². The van der Waals surface area contributed by atoms with Crippen LogP contribution in [-0.4, -0.2) is 18.3 Å². The Morgan fingerprint density at radius 2 is 0.697 bits per heavy atom. The van der Waals surface area contributed by atoms with Crippen LogP contribution in [0, 0.1) is 22.7 Å². The van der Waals surface area contributed by atoms with E-state index in [2.05, 4.69) is 200 Å². The smallest absolute Gasteiger partial charge is 0.145 e. The van der Waals surface area contributed by atoms with E-state index in [0.29, 0.717) is 22.5 Å². The Hall–Kier alpha value is -10.8. The van der Waals surface area contributed by atoms with Crippen molar-refractivity contribution in [3.05, 3.63) is 230 Å². The van der Waals surface area contributed by atoms with E-state index in [1.165, 1.54) is 21.5 Å². The molecule has 0 N–H and O–H groups in total. The van der Waals surface area contributed by atoms with Crippen LogP contribution in [0.1, 0.15) is 11.1 Å². The molecule has 0 aliphatic carbocycles. The van der Waals surface area contributed by atoms with Gasteiger partial charge in [0.2, 0.25) is 0 Å². The molecular weight excluding hydrogens is 933 g/mol. The second-order valence-electron chi connectivity index (χ2n) is 19.8. The van der Waals surface area contributed by atoms with Crippen molar-refractivity contribution in [1.82, 2.24) is 18.3 Å². The number of fused-ring (bicyclic) bond motifs is 20. The Morgan fingerprint density at radius 1 is 0.303 bits per heavy atom. The Kier molecular flexibility index (Phi) is 7.99. The third kappa shape index (κ3) is 5.23. The predicted molar refractivity (Wildman–Crippen MR) is 308 cm³/mol. The van der Waals surface area contributed by atoms with Gasteiger partial charge in [0.05, 0.1) is 71.8 Å². The van der Waals surface area contributed by atoms with Crippen LogP contribution in [0.3, 0.4) is 0 Å². The van der Waals surface area contributed by atoms with E-state index in [9.17, 15) is 10.5 Å². The normalized spacial score (nSPS) is 12.2. The Labute approximate surface area is 431 Å². The molecule has 0 unspecified atom stereocenters. The lowest BCUT2D eigenvalue weighted by molar-refractivity contribution is 0.672. The highest BCUT2D eigenvalue weighted by Gasteiger charge is 2.28. The molecule has 0 fully saturated rings. The average molecular weight is 969 g/mol. The summed E-state index contributed by atoms with van der Waals surface area (Å²) in [5.41, 5.74) is 14.7. The van der Waals surface area contributed by atoms with Gasteiger partial charge in [0.25, 0.3) is 0 Å². The first-order valence-corrected chi connectivity index (χ1v) is 25.4. The van der Waals surface area contributed by atoms with Gasteiger partial charge < -0.3 is 27.1 Å². The van der Waals surface area contributed by atoms with Gasteiger partial charge >= 0.3 is 0 Å². The minimum Gasteiger partial charge on any atom is -0.455 e. The summed E-state index contributed by atoms with van der Waals surface area (Å²) >= 11 is 0. The summed E-state index contributed by atoms with van der Waals surface area (Å²) in [4.78, 5) is 0. The molecule has 8 nitrogen and oxygen atoms in total. The van der Waals surface area contributed by atoms with Crippen LogP contribution < -0.4 is 0 Å². The molecule has 0 aliphatic rings. The lowest BCUT2D eigenvalue weighted by atomic mass is 10.0. The van der Waals surface area contributed by atoms with Crippen LogP contribution in [0.5, 0.6) is 0 Å². The van der Waals surface area contributed by atoms with Crippen LogP contribution in [-0.2, 0) is 0 Å². The molecule has 0 amide bonds. The zero-order valence-electron chi connectivity index (χ0n) is 40.3. The van der Waals surface area contributed by atoms with E-state index in [-0.39, 0.29) is 0 Å². The molecular formula is C68H36N6O2. The molecule has 17 aromatic rings. The highest BCUT2D eigenvalue weighted by Crippen LogP contribution is 2.47. The lowest BCUT2D eigenvalue weighted by Gasteiger charge is -2.17. The van der Waals surface area contributed by atoms with E-state index >= 15 is 0 Å². The molecule has 17 rings (SSSR count). The SMILES string of the molecule is N#Cc1ccc(-n2c3ccc(-n4c5ccccc5c5ccccc54)cc3c3c4oc5ccccc5c4ccc32)c(C#N)c1-n1c2ccc(-n3c4ccccc4c4ccccc43)cc2c2c3oc4ccccc4c3ccc21. The Morgan fingerprint density at radius 3 is 1.16 bits per heavy atom. The van der Waals surface area contributed by atoms with Crippen molar-refractivity contribution in [2.24, 2.45) is 0 Å². The van der Waals surface area contributed by atoms with Gasteiger partial charge in [-0.25, -0.2) is 0 Å². The first-order valence-electron chi connectivity index (χ1n) is 25.4. The van der Waals surface area contributed by atoms with E-state index < -0.39 is 0 Å². The van der Waals surface area contributed by atoms with Gasteiger partial charge in [0.1, 0.15) is 40.0 Å². The van der Waals surface area contributed by atoms with Crippen molar-refractivity contribution in [3.8, 4) is 34.9 Å². The van der Waals surface area contributed by atoms with Crippen molar-refractivity contribution >= 4 is 131 Å². The van der Waals surface area contributed by atoms with E-state index in [4.69, 9.17) is 8.83 Å². The van der Waals surface area contributed by atoms with Crippen molar-refractivity contribution in [2.45, 2.75) is 0 Å². The Balaban J connectivity index is 0.979. The number of nitrogens with zero attached hydrogens (tertiary/aromatic N) is 6. The van der Waals surface area contributed by atoms with Crippen LogP contribution in [0.2, 0.25) is 0 Å². The number of hydrogen-bond acceptors (Lipinski definition) is 4. The molecule has 8 heteroatoms. The fourth-order valence-corrected chi connectivity index (χ4v) is 12.9. The number of rotatable bonds is 4. The molecule has 0 bridgehead atoms. The number of hydrogen-bond donors (Lipinski definition) is 0. The van der Waals surface area contributed by atoms with Gasteiger partial charge in [0.15, 0.2) is 0 Å². The number of nitriles is 2. The second kappa shape index (κ2) is 14.9. The molecule has 350 valence electrons. The number of benzene rings is 11. The highest BCUT2D eigenvalue weighted by molar-refractivity contribution is 6.26. The topological polar surface area (TPSA) is 93.6 Å². The zero-order chi connectivity index (χ0) is 49.9. The fourth-order valence-electron chi connectivity index (χ4n) is 12.9. The fraction of sp³-hybridized carbons (Fsp3) is 0. The Bertz CT molecular complexity index is 5420. The highest BCUT2D eigenvalue weighted by atomic mass is 16.3. The van der Waals surface area contributed by atoms with Crippen LogP contribution in [0.15, 0.2) is 227 Å². The van der Waals surface area contributed by atoms with Crippen molar-refractivity contribution in [1.29, 1.82) is 10.5 Å². The number of furan rings is 2. The first kappa shape index (κ1) is 40.8. The first-order chi connectivity index (χ1) is 37.6. The molecule has 0 aliphatic heterocycles. The summed E-state index contributed by atoms with van der Waals surface area (Å²) in [5, 5.41) is 35.5. The van der Waals surface area contributed by atoms with E-state index in [0.717, 1.165) is 121 Å². The average Bonchev–Trinajstić information content (AvgIpc) is 4.44. The minimum atomic E-state index is 0.351. The van der Waals surface area contributed by atoms with Crippen LogP contribution in [0.25, 0.3) is 154 Å². The van der Waals surface area contributed by atoms with Gasteiger partial charge in [-0.15, -0.1) is 0 Å². The summed E-state index contributed by atoms with van der Waals surface area (Å²) in [7, 11) is 0. The molecule has 0 radical (unpaired) electrons. The minimum absolute atomic E-state index is 0.351. The maximum atomic E-state index is 11.9. The molecule has 0 atom stereocenters. The number of para-hydroxylation sites is 6.